The minimum absolute atomic E-state index is 0.0973. The maximum Gasteiger partial charge on any atom is 0.269 e. The lowest BCUT2D eigenvalue weighted by Gasteiger charge is -2.31. The topological polar surface area (TPSA) is 92.8 Å². The second kappa shape index (κ2) is 13.8. The maximum absolute atomic E-state index is 11.1. The van der Waals surface area contributed by atoms with Crippen molar-refractivity contribution in [2.75, 3.05) is 52.6 Å². The van der Waals surface area contributed by atoms with Gasteiger partial charge in [0.25, 0.3) is 5.69 Å². The van der Waals surface area contributed by atoms with Gasteiger partial charge in [0.1, 0.15) is 0 Å². The lowest BCUT2D eigenvalue weighted by atomic mass is 10.1. The van der Waals surface area contributed by atoms with Crippen LogP contribution in [-0.4, -0.2) is 79.8 Å². The molecule has 2 aliphatic heterocycles. The fraction of sp³-hybridized carbons (Fsp3) is 0.353. The van der Waals surface area contributed by atoms with E-state index in [0.717, 1.165) is 76.2 Å². The summed E-state index contributed by atoms with van der Waals surface area (Å²) >= 11 is 0. The fourth-order valence-corrected chi connectivity index (χ4v) is 6.19. The summed E-state index contributed by atoms with van der Waals surface area (Å²) in [4.78, 5) is 15.5. The Kier molecular flexibility index (Phi) is 9.20. The van der Waals surface area contributed by atoms with Crippen LogP contribution < -0.4 is 0 Å². The first kappa shape index (κ1) is 28.8. The molecule has 0 unspecified atom stereocenters. The number of rotatable bonds is 8. The van der Waals surface area contributed by atoms with Gasteiger partial charge in [0.15, 0.2) is 0 Å². The van der Waals surface area contributed by atoms with Gasteiger partial charge < -0.3 is 19.3 Å². The van der Waals surface area contributed by atoms with E-state index in [1.165, 1.54) is 33.7 Å². The highest BCUT2D eigenvalue weighted by Crippen LogP contribution is 2.36. The molecule has 2 aromatic rings. The summed E-state index contributed by atoms with van der Waals surface area (Å²) in [6.45, 7) is 6.24. The molecule has 43 heavy (non-hydrogen) atoms. The van der Waals surface area contributed by atoms with Crippen LogP contribution in [0.25, 0.3) is 12.2 Å². The number of morpholine rings is 2. The van der Waals surface area contributed by atoms with E-state index in [-0.39, 0.29) is 10.6 Å². The third-order valence-electron chi connectivity index (χ3n) is 8.28. The summed E-state index contributed by atoms with van der Waals surface area (Å²) in [5, 5.41) is 20.2. The summed E-state index contributed by atoms with van der Waals surface area (Å²) in [6, 6.07) is 17.2. The summed E-state index contributed by atoms with van der Waals surface area (Å²) in [5.41, 5.74) is 9.64. The predicted octanol–water partition coefficient (Wildman–Crippen LogP) is 5.88. The van der Waals surface area contributed by atoms with Crippen molar-refractivity contribution in [3.63, 3.8) is 0 Å². The molecule has 2 heterocycles. The molecule has 9 nitrogen and oxygen atoms in total. The quantitative estimate of drug-likeness (QED) is 0.220. The second-order valence-electron chi connectivity index (χ2n) is 11.0. The number of ether oxygens (including phenoxy) is 2. The molecule has 0 radical (unpaired) electrons. The minimum atomic E-state index is -0.369. The highest BCUT2D eigenvalue weighted by Gasteiger charge is 2.27. The molecule has 0 spiro atoms. The Labute approximate surface area is 252 Å². The summed E-state index contributed by atoms with van der Waals surface area (Å²) in [6.07, 6.45) is 11.9. The van der Waals surface area contributed by atoms with Crippen LogP contribution >= 0.6 is 0 Å². The summed E-state index contributed by atoms with van der Waals surface area (Å²) in [7, 11) is 0. The molecule has 4 aliphatic rings. The molecule has 0 N–H and O–H groups in total. The van der Waals surface area contributed by atoms with Gasteiger partial charge >= 0.3 is 0 Å². The zero-order chi connectivity index (χ0) is 29.4. The van der Waals surface area contributed by atoms with Crippen LogP contribution in [0.1, 0.15) is 36.8 Å². The van der Waals surface area contributed by atoms with E-state index in [1.54, 1.807) is 24.3 Å². The van der Waals surface area contributed by atoms with Gasteiger partial charge in [-0.05, 0) is 83.4 Å². The van der Waals surface area contributed by atoms with Gasteiger partial charge in [0.2, 0.25) is 0 Å². The molecule has 0 saturated carbocycles. The standard InChI is InChI=1S/C34H37N5O4/c40-39(41)32-12-6-27(7-13-32)23-29-9-11-31(34(29)38-16-20-43-21-17-38)25-36-35-24-30-10-8-28(22-26-4-2-1-3-5-26)33(30)37-14-18-42-19-15-37/h1-7,12-13,22-25H,8-11,14-21H2/b28-22+,29-23-,35-24-,36-25+. The molecule has 222 valence electrons. The van der Waals surface area contributed by atoms with Gasteiger partial charge in [-0.15, -0.1) is 0 Å². The molecular weight excluding hydrogens is 542 g/mol. The van der Waals surface area contributed by atoms with Crippen LogP contribution in [0.15, 0.2) is 98.5 Å². The van der Waals surface area contributed by atoms with Crippen molar-refractivity contribution >= 4 is 30.3 Å². The third-order valence-corrected chi connectivity index (χ3v) is 8.28. The number of hydrogen-bond acceptors (Lipinski definition) is 8. The first-order chi connectivity index (χ1) is 21.2. The Morgan fingerprint density at radius 1 is 0.651 bits per heavy atom. The van der Waals surface area contributed by atoms with Crippen LogP contribution in [0.3, 0.4) is 0 Å². The van der Waals surface area contributed by atoms with E-state index in [0.29, 0.717) is 13.2 Å². The molecule has 9 heteroatoms. The molecule has 2 aliphatic carbocycles. The Balaban J connectivity index is 1.26. The Hall–Kier alpha value is -4.34. The SMILES string of the molecule is O=[N+]([O-])c1ccc(/C=C2/CCC(/C=N/N=C\C3=C(N4CCOCC4)C(=C/c4ccccc4)/CC3)=C2N2CCOCC2)cc1. The van der Waals surface area contributed by atoms with Crippen molar-refractivity contribution in [3.8, 4) is 0 Å². The fourth-order valence-electron chi connectivity index (χ4n) is 6.19. The first-order valence-corrected chi connectivity index (χ1v) is 15.1. The van der Waals surface area contributed by atoms with Crippen molar-refractivity contribution in [2.24, 2.45) is 10.2 Å². The molecule has 2 saturated heterocycles. The lowest BCUT2D eigenvalue weighted by Crippen LogP contribution is -2.36. The van der Waals surface area contributed by atoms with Gasteiger partial charge in [-0.3, -0.25) is 10.1 Å². The molecular formula is C34H37N5O4. The van der Waals surface area contributed by atoms with Crippen molar-refractivity contribution in [3.05, 3.63) is 110 Å². The van der Waals surface area contributed by atoms with Gasteiger partial charge in [0.05, 0.1) is 43.8 Å². The van der Waals surface area contributed by atoms with Gasteiger partial charge in [-0.1, -0.05) is 30.3 Å². The number of allylic oxidation sites excluding steroid dienone is 4. The van der Waals surface area contributed by atoms with Crippen molar-refractivity contribution in [2.45, 2.75) is 25.7 Å². The molecule has 2 aromatic carbocycles. The summed E-state index contributed by atoms with van der Waals surface area (Å²) in [5.74, 6) is 0. The molecule has 6 rings (SSSR count). The van der Waals surface area contributed by atoms with Crippen LogP contribution in [0.4, 0.5) is 5.69 Å². The molecule has 0 aromatic heterocycles. The maximum atomic E-state index is 11.1. The number of non-ortho nitro benzene ring substituents is 1. The Morgan fingerprint density at radius 3 is 1.58 bits per heavy atom. The molecule has 0 atom stereocenters. The van der Waals surface area contributed by atoms with E-state index >= 15 is 0 Å². The van der Waals surface area contributed by atoms with Crippen LogP contribution in [0.5, 0.6) is 0 Å². The van der Waals surface area contributed by atoms with Crippen LogP contribution in [-0.2, 0) is 9.47 Å². The van der Waals surface area contributed by atoms with Crippen molar-refractivity contribution in [1.82, 2.24) is 9.80 Å². The van der Waals surface area contributed by atoms with Gasteiger partial charge in [-0.25, -0.2) is 0 Å². The minimum Gasteiger partial charge on any atom is -0.378 e. The van der Waals surface area contributed by atoms with Crippen molar-refractivity contribution in [1.29, 1.82) is 0 Å². The third kappa shape index (κ3) is 7.01. The summed E-state index contributed by atoms with van der Waals surface area (Å²) < 4.78 is 11.3. The van der Waals surface area contributed by atoms with Crippen LogP contribution in [0.2, 0.25) is 0 Å². The van der Waals surface area contributed by atoms with Gasteiger partial charge in [-0.2, -0.15) is 10.2 Å². The lowest BCUT2D eigenvalue weighted by molar-refractivity contribution is -0.384. The largest absolute Gasteiger partial charge is 0.378 e. The van der Waals surface area contributed by atoms with Gasteiger partial charge in [0, 0.05) is 49.7 Å². The number of nitro benzene ring substituents is 1. The first-order valence-electron chi connectivity index (χ1n) is 15.1. The van der Waals surface area contributed by atoms with E-state index in [4.69, 9.17) is 9.47 Å². The average Bonchev–Trinajstić information content (AvgIpc) is 3.64. The Bertz CT molecular complexity index is 1490. The highest BCUT2D eigenvalue weighted by atomic mass is 16.6. The Morgan fingerprint density at radius 2 is 1.12 bits per heavy atom. The molecule has 2 fully saturated rings. The van der Waals surface area contributed by atoms with E-state index in [2.05, 4.69) is 56.4 Å². The monoisotopic (exact) mass is 579 g/mol. The van der Waals surface area contributed by atoms with E-state index in [1.807, 2.05) is 18.5 Å². The average molecular weight is 580 g/mol. The number of hydrogen-bond donors (Lipinski definition) is 0. The van der Waals surface area contributed by atoms with Crippen molar-refractivity contribution < 1.29 is 14.4 Å². The van der Waals surface area contributed by atoms with E-state index in [9.17, 15) is 10.1 Å². The molecule has 0 amide bonds. The number of nitro groups is 1. The van der Waals surface area contributed by atoms with Crippen LogP contribution in [0, 0.1) is 10.1 Å². The number of benzene rings is 2. The zero-order valence-electron chi connectivity index (χ0n) is 24.4. The smallest absolute Gasteiger partial charge is 0.269 e. The normalized spacial score (nSPS) is 21.9. The zero-order valence-corrected chi connectivity index (χ0v) is 24.4. The second-order valence-corrected chi connectivity index (χ2v) is 11.0. The number of nitrogens with zero attached hydrogens (tertiary/aromatic N) is 5. The van der Waals surface area contributed by atoms with E-state index < -0.39 is 0 Å². The predicted molar refractivity (Wildman–Crippen MR) is 170 cm³/mol. The highest BCUT2D eigenvalue weighted by molar-refractivity contribution is 5.86. The molecule has 0 bridgehead atoms.